The number of halogens is 1. The molecule has 0 bridgehead atoms. The van der Waals surface area contributed by atoms with Gasteiger partial charge in [0.25, 0.3) is 0 Å². The van der Waals surface area contributed by atoms with Crippen molar-refractivity contribution in [1.29, 1.82) is 0 Å². The highest BCUT2D eigenvalue weighted by molar-refractivity contribution is 6.32. The summed E-state index contributed by atoms with van der Waals surface area (Å²) in [6, 6.07) is 4.21. The molecule has 0 aromatic heterocycles. The molecule has 1 rings (SSSR count). The highest BCUT2D eigenvalue weighted by atomic mass is 35.5. The number of aliphatic carboxylic acids is 1. The summed E-state index contributed by atoms with van der Waals surface area (Å²) in [5, 5.41) is 21.4. The summed E-state index contributed by atoms with van der Waals surface area (Å²) in [4.78, 5) is 11.0. The molecule has 0 heterocycles. The van der Waals surface area contributed by atoms with E-state index in [2.05, 4.69) is 5.32 Å². The van der Waals surface area contributed by atoms with Gasteiger partial charge in [0.05, 0.1) is 5.02 Å². The van der Waals surface area contributed by atoms with Crippen molar-refractivity contribution in [2.45, 2.75) is 26.4 Å². The number of hydrogen-bond donors (Lipinski definition) is 3. The molecule has 0 aliphatic heterocycles. The predicted molar refractivity (Wildman–Crippen MR) is 66.2 cm³/mol. The summed E-state index contributed by atoms with van der Waals surface area (Å²) >= 11 is 5.76. The van der Waals surface area contributed by atoms with Gasteiger partial charge in [0, 0.05) is 6.54 Å². The van der Waals surface area contributed by atoms with Crippen LogP contribution in [0.2, 0.25) is 5.02 Å². The van der Waals surface area contributed by atoms with Crippen LogP contribution in [0.25, 0.3) is 0 Å². The van der Waals surface area contributed by atoms with Crippen LogP contribution < -0.4 is 5.32 Å². The first-order chi connectivity index (χ1) is 7.91. The fourth-order valence-corrected chi connectivity index (χ4v) is 1.70. The topological polar surface area (TPSA) is 69.6 Å². The van der Waals surface area contributed by atoms with Crippen molar-refractivity contribution in [2.24, 2.45) is 5.92 Å². The van der Waals surface area contributed by atoms with Crippen molar-refractivity contribution in [2.75, 3.05) is 0 Å². The van der Waals surface area contributed by atoms with E-state index >= 15 is 0 Å². The molecule has 0 radical (unpaired) electrons. The Morgan fingerprint density at radius 2 is 2.12 bits per heavy atom. The third kappa shape index (κ3) is 3.91. The van der Waals surface area contributed by atoms with Gasteiger partial charge in [-0.05, 0) is 23.6 Å². The molecule has 0 amide bonds. The Morgan fingerprint density at radius 3 is 2.59 bits per heavy atom. The Balaban J connectivity index is 2.65. The lowest BCUT2D eigenvalue weighted by molar-refractivity contribution is -0.140. The molecule has 0 aliphatic rings. The van der Waals surface area contributed by atoms with Gasteiger partial charge in [-0.1, -0.05) is 31.5 Å². The standard InChI is InChI=1S/C12H16ClNO3/c1-7(2)11(12(16)17)14-6-8-3-4-10(15)9(13)5-8/h3-5,7,11,14-15H,6H2,1-2H3,(H,16,17). The van der Waals surface area contributed by atoms with Crippen molar-refractivity contribution < 1.29 is 15.0 Å². The fraction of sp³-hybridized carbons (Fsp3) is 0.417. The minimum absolute atomic E-state index is 0.0000805. The lowest BCUT2D eigenvalue weighted by Crippen LogP contribution is -2.40. The third-order valence-electron chi connectivity index (χ3n) is 2.47. The van der Waals surface area contributed by atoms with Crippen LogP contribution in [-0.2, 0) is 11.3 Å². The number of phenolic OH excluding ortho intramolecular Hbond substituents is 1. The van der Waals surface area contributed by atoms with Gasteiger partial charge in [-0.15, -0.1) is 0 Å². The second-order valence-corrected chi connectivity index (χ2v) is 4.63. The smallest absolute Gasteiger partial charge is 0.320 e. The van der Waals surface area contributed by atoms with Crippen molar-refractivity contribution in [3.63, 3.8) is 0 Å². The van der Waals surface area contributed by atoms with Gasteiger partial charge in [0.1, 0.15) is 11.8 Å². The number of benzene rings is 1. The Hall–Kier alpha value is -1.26. The quantitative estimate of drug-likeness (QED) is 0.757. The van der Waals surface area contributed by atoms with Crippen LogP contribution in [0.3, 0.4) is 0 Å². The molecule has 5 heteroatoms. The fourth-order valence-electron chi connectivity index (χ4n) is 1.50. The van der Waals surface area contributed by atoms with E-state index in [0.29, 0.717) is 6.54 Å². The Morgan fingerprint density at radius 1 is 1.47 bits per heavy atom. The van der Waals surface area contributed by atoms with Gasteiger partial charge >= 0.3 is 5.97 Å². The van der Waals surface area contributed by atoms with Crippen molar-refractivity contribution in [3.05, 3.63) is 28.8 Å². The molecule has 94 valence electrons. The van der Waals surface area contributed by atoms with E-state index in [4.69, 9.17) is 16.7 Å². The molecule has 1 atom stereocenters. The minimum Gasteiger partial charge on any atom is -0.506 e. The molecule has 3 N–H and O–H groups in total. The second-order valence-electron chi connectivity index (χ2n) is 4.23. The largest absolute Gasteiger partial charge is 0.506 e. The zero-order chi connectivity index (χ0) is 13.0. The molecule has 0 saturated carbocycles. The number of carboxylic acids is 1. The van der Waals surface area contributed by atoms with Crippen LogP contribution in [0.1, 0.15) is 19.4 Å². The average Bonchev–Trinajstić information content (AvgIpc) is 2.22. The van der Waals surface area contributed by atoms with Crippen LogP contribution in [0.5, 0.6) is 5.75 Å². The number of carboxylic acid groups (broad SMARTS) is 1. The highest BCUT2D eigenvalue weighted by Gasteiger charge is 2.20. The molecule has 17 heavy (non-hydrogen) atoms. The van der Waals surface area contributed by atoms with Crippen LogP contribution in [0.15, 0.2) is 18.2 Å². The summed E-state index contributed by atoms with van der Waals surface area (Å²) in [5.41, 5.74) is 0.833. The SMILES string of the molecule is CC(C)C(NCc1ccc(O)c(Cl)c1)C(=O)O. The summed E-state index contributed by atoms with van der Waals surface area (Å²) in [6.07, 6.45) is 0. The lowest BCUT2D eigenvalue weighted by atomic mass is 10.0. The molecule has 0 aliphatic carbocycles. The normalized spacial score (nSPS) is 12.7. The van der Waals surface area contributed by atoms with Gasteiger partial charge in [-0.2, -0.15) is 0 Å². The predicted octanol–water partition coefficient (Wildman–Crippen LogP) is 2.24. The van der Waals surface area contributed by atoms with E-state index in [-0.39, 0.29) is 16.7 Å². The average molecular weight is 258 g/mol. The highest BCUT2D eigenvalue weighted by Crippen LogP contribution is 2.23. The summed E-state index contributed by atoms with van der Waals surface area (Å²) in [5.74, 6) is -0.848. The van der Waals surface area contributed by atoms with E-state index in [1.807, 2.05) is 13.8 Å². The second kappa shape index (κ2) is 5.89. The number of nitrogens with one attached hydrogen (secondary N) is 1. The summed E-state index contributed by atoms with van der Waals surface area (Å²) in [7, 11) is 0. The molecule has 1 unspecified atom stereocenters. The molecule has 1 aromatic carbocycles. The number of carbonyl (C=O) groups is 1. The molecule has 0 fully saturated rings. The van der Waals surface area contributed by atoms with E-state index < -0.39 is 12.0 Å². The molecule has 0 spiro atoms. The number of aromatic hydroxyl groups is 1. The molecule has 1 aromatic rings. The first-order valence-electron chi connectivity index (χ1n) is 5.35. The Bertz CT molecular complexity index is 407. The summed E-state index contributed by atoms with van der Waals surface area (Å²) in [6.45, 7) is 4.08. The maximum Gasteiger partial charge on any atom is 0.320 e. The zero-order valence-electron chi connectivity index (χ0n) is 9.77. The first kappa shape index (κ1) is 13.8. The Labute approximate surface area is 105 Å². The molecular formula is C12H16ClNO3. The summed E-state index contributed by atoms with van der Waals surface area (Å²) < 4.78 is 0. The molecule has 0 saturated heterocycles. The number of phenols is 1. The van der Waals surface area contributed by atoms with Crippen molar-refractivity contribution in [3.8, 4) is 5.75 Å². The number of rotatable bonds is 5. The van der Waals surface area contributed by atoms with Gasteiger partial charge in [0.2, 0.25) is 0 Å². The minimum atomic E-state index is -0.870. The van der Waals surface area contributed by atoms with Gasteiger partial charge in [-0.25, -0.2) is 0 Å². The van der Waals surface area contributed by atoms with Gasteiger partial charge < -0.3 is 15.5 Å². The van der Waals surface area contributed by atoms with E-state index in [1.54, 1.807) is 12.1 Å². The molecule has 4 nitrogen and oxygen atoms in total. The van der Waals surface area contributed by atoms with Crippen LogP contribution in [0.4, 0.5) is 0 Å². The maximum absolute atomic E-state index is 11.0. The van der Waals surface area contributed by atoms with Crippen LogP contribution >= 0.6 is 11.6 Å². The lowest BCUT2D eigenvalue weighted by Gasteiger charge is -2.18. The molecular weight excluding hydrogens is 242 g/mol. The third-order valence-corrected chi connectivity index (χ3v) is 2.77. The van der Waals surface area contributed by atoms with Crippen LogP contribution in [-0.4, -0.2) is 22.2 Å². The van der Waals surface area contributed by atoms with Crippen molar-refractivity contribution in [1.82, 2.24) is 5.32 Å². The van der Waals surface area contributed by atoms with Crippen LogP contribution in [0, 0.1) is 5.92 Å². The maximum atomic E-state index is 11.0. The monoisotopic (exact) mass is 257 g/mol. The van der Waals surface area contributed by atoms with E-state index in [0.717, 1.165) is 5.56 Å². The van der Waals surface area contributed by atoms with E-state index in [9.17, 15) is 9.90 Å². The zero-order valence-corrected chi connectivity index (χ0v) is 10.5. The number of hydrogen-bond acceptors (Lipinski definition) is 3. The van der Waals surface area contributed by atoms with E-state index in [1.165, 1.54) is 6.07 Å². The first-order valence-corrected chi connectivity index (χ1v) is 5.73. The van der Waals surface area contributed by atoms with Crippen molar-refractivity contribution >= 4 is 17.6 Å². The van der Waals surface area contributed by atoms with Gasteiger partial charge in [-0.3, -0.25) is 4.79 Å². The van der Waals surface area contributed by atoms with Gasteiger partial charge in [0.15, 0.2) is 0 Å². The Kier molecular flexibility index (Phi) is 4.78.